The van der Waals surface area contributed by atoms with Gasteiger partial charge in [0, 0.05) is 30.1 Å². The molecule has 4 rings (SSSR count). The van der Waals surface area contributed by atoms with Gasteiger partial charge in [-0.15, -0.1) is 0 Å². The Hall–Kier alpha value is -4.14. The second-order valence-electron chi connectivity index (χ2n) is 7.29. The molecule has 0 saturated heterocycles. The van der Waals surface area contributed by atoms with Crippen LogP contribution in [-0.2, 0) is 6.42 Å². The van der Waals surface area contributed by atoms with Crippen LogP contribution in [0.3, 0.4) is 0 Å². The number of pyridine rings is 1. The van der Waals surface area contributed by atoms with Crippen molar-refractivity contribution in [2.75, 3.05) is 33.1 Å². The molecule has 2 N–H and O–H groups in total. The number of ether oxygens (including phenoxy) is 2. The standard InChI is InChI=1S/C24H24FN5O3/c1-26-24(31)30-12-10-16-13-20(32-2)21(33-3)14-18(16)22(29-30)15-6-8-17(9-7-15)28-19-5-4-11-27-23(19)25/h4-9,11,13-14,28H,10,12H2,1-3H3,(H,26,31). The predicted molar refractivity (Wildman–Crippen MR) is 124 cm³/mol. The monoisotopic (exact) mass is 449 g/mol. The number of urea groups is 1. The number of aromatic nitrogens is 1. The molecule has 0 aliphatic carbocycles. The number of carbonyl (C=O) groups excluding carboxylic acids is 1. The van der Waals surface area contributed by atoms with Crippen LogP contribution in [0.15, 0.2) is 59.8 Å². The minimum Gasteiger partial charge on any atom is -0.493 e. The number of nitrogens with zero attached hydrogens (tertiary/aromatic N) is 3. The molecule has 2 heterocycles. The van der Waals surface area contributed by atoms with Crippen molar-refractivity contribution in [3.8, 4) is 11.5 Å². The van der Waals surface area contributed by atoms with E-state index in [0.29, 0.717) is 35.9 Å². The van der Waals surface area contributed by atoms with E-state index in [4.69, 9.17) is 9.47 Å². The first-order valence-electron chi connectivity index (χ1n) is 10.3. The average Bonchev–Trinajstić information content (AvgIpc) is 3.04. The lowest BCUT2D eigenvalue weighted by molar-refractivity contribution is 0.203. The number of nitrogens with one attached hydrogen (secondary N) is 2. The largest absolute Gasteiger partial charge is 0.493 e. The van der Waals surface area contributed by atoms with Crippen molar-refractivity contribution in [3.05, 3.63) is 77.4 Å². The highest BCUT2D eigenvalue weighted by Gasteiger charge is 2.24. The lowest BCUT2D eigenvalue weighted by atomic mass is 9.95. The highest BCUT2D eigenvalue weighted by atomic mass is 19.1. The number of anilines is 2. The summed E-state index contributed by atoms with van der Waals surface area (Å²) < 4.78 is 24.8. The van der Waals surface area contributed by atoms with Crippen molar-refractivity contribution >= 4 is 23.1 Å². The van der Waals surface area contributed by atoms with E-state index >= 15 is 0 Å². The summed E-state index contributed by atoms with van der Waals surface area (Å²) in [6, 6.07) is 14.1. The van der Waals surface area contributed by atoms with Crippen molar-refractivity contribution in [3.63, 3.8) is 0 Å². The number of halogens is 1. The van der Waals surface area contributed by atoms with Gasteiger partial charge in [-0.3, -0.25) is 0 Å². The van der Waals surface area contributed by atoms with Gasteiger partial charge in [0.25, 0.3) is 0 Å². The Balaban J connectivity index is 1.75. The number of benzene rings is 2. The zero-order chi connectivity index (χ0) is 23.4. The maximum Gasteiger partial charge on any atom is 0.337 e. The van der Waals surface area contributed by atoms with Gasteiger partial charge in [0.1, 0.15) is 0 Å². The Labute approximate surface area is 191 Å². The number of rotatable bonds is 5. The number of hydrazone groups is 1. The molecule has 0 fully saturated rings. The van der Waals surface area contributed by atoms with E-state index in [0.717, 1.165) is 16.7 Å². The van der Waals surface area contributed by atoms with Crippen molar-refractivity contribution in [1.29, 1.82) is 0 Å². The van der Waals surface area contributed by atoms with Gasteiger partial charge < -0.3 is 20.1 Å². The summed E-state index contributed by atoms with van der Waals surface area (Å²) in [6.07, 6.45) is 1.99. The van der Waals surface area contributed by atoms with Gasteiger partial charge >= 0.3 is 6.03 Å². The van der Waals surface area contributed by atoms with Crippen molar-refractivity contribution in [2.45, 2.75) is 6.42 Å². The fourth-order valence-electron chi connectivity index (χ4n) is 3.63. The third-order valence-electron chi connectivity index (χ3n) is 5.32. The maximum atomic E-state index is 13.9. The molecular weight excluding hydrogens is 425 g/mol. The maximum absolute atomic E-state index is 13.9. The first-order chi connectivity index (χ1) is 16.0. The fourth-order valence-corrected chi connectivity index (χ4v) is 3.63. The Morgan fingerprint density at radius 1 is 1.09 bits per heavy atom. The normalized spacial score (nSPS) is 12.8. The van der Waals surface area contributed by atoms with Crippen LogP contribution in [0.4, 0.5) is 20.6 Å². The van der Waals surface area contributed by atoms with Crippen LogP contribution in [0.5, 0.6) is 11.5 Å². The van der Waals surface area contributed by atoms with Gasteiger partial charge in [-0.05, 0) is 48.4 Å². The Bertz CT molecular complexity index is 1200. The second-order valence-corrected chi connectivity index (χ2v) is 7.29. The summed E-state index contributed by atoms with van der Waals surface area (Å²) in [7, 11) is 4.73. The van der Waals surface area contributed by atoms with E-state index in [-0.39, 0.29) is 11.7 Å². The van der Waals surface area contributed by atoms with Crippen LogP contribution >= 0.6 is 0 Å². The molecule has 0 bridgehead atoms. The number of fused-ring (bicyclic) bond motifs is 1. The number of carbonyl (C=O) groups is 1. The highest BCUT2D eigenvalue weighted by molar-refractivity contribution is 6.14. The summed E-state index contributed by atoms with van der Waals surface area (Å²) in [5.41, 5.74) is 4.21. The van der Waals surface area contributed by atoms with E-state index in [1.54, 1.807) is 33.4 Å². The van der Waals surface area contributed by atoms with Crippen molar-refractivity contribution in [2.24, 2.45) is 5.10 Å². The molecule has 1 aliphatic rings. The van der Waals surface area contributed by atoms with Crippen LogP contribution in [0.2, 0.25) is 0 Å². The number of amides is 2. The lowest BCUT2D eigenvalue weighted by Gasteiger charge is -2.16. The summed E-state index contributed by atoms with van der Waals surface area (Å²) in [5.74, 6) is 0.607. The van der Waals surface area contributed by atoms with Crippen LogP contribution < -0.4 is 20.1 Å². The minimum atomic E-state index is -0.578. The van der Waals surface area contributed by atoms with E-state index in [1.807, 2.05) is 36.4 Å². The first kappa shape index (κ1) is 22.1. The Kier molecular flexibility index (Phi) is 6.39. The van der Waals surface area contributed by atoms with Gasteiger partial charge in [-0.2, -0.15) is 9.49 Å². The topological polar surface area (TPSA) is 88.1 Å². The molecule has 0 unspecified atom stereocenters. The zero-order valence-electron chi connectivity index (χ0n) is 18.6. The van der Waals surface area contributed by atoms with Crippen LogP contribution in [0.1, 0.15) is 16.7 Å². The number of hydrogen-bond donors (Lipinski definition) is 2. The summed E-state index contributed by atoms with van der Waals surface area (Å²) >= 11 is 0. The molecule has 9 heteroatoms. The summed E-state index contributed by atoms with van der Waals surface area (Å²) in [5, 5.41) is 11.7. The van der Waals surface area contributed by atoms with Gasteiger partial charge in [-0.25, -0.2) is 14.8 Å². The Morgan fingerprint density at radius 2 is 1.82 bits per heavy atom. The van der Waals surface area contributed by atoms with E-state index in [2.05, 4.69) is 20.7 Å². The minimum absolute atomic E-state index is 0.282. The van der Waals surface area contributed by atoms with Crippen LogP contribution in [0, 0.1) is 5.95 Å². The van der Waals surface area contributed by atoms with Gasteiger partial charge in [0.15, 0.2) is 11.5 Å². The molecule has 1 aromatic heterocycles. The molecule has 0 radical (unpaired) electrons. The molecule has 2 amide bonds. The Morgan fingerprint density at radius 3 is 2.48 bits per heavy atom. The zero-order valence-corrected chi connectivity index (χ0v) is 18.6. The summed E-state index contributed by atoms with van der Waals surface area (Å²) in [6.45, 7) is 0.408. The molecular formula is C24H24FN5O3. The average molecular weight is 449 g/mol. The summed E-state index contributed by atoms with van der Waals surface area (Å²) in [4.78, 5) is 16.0. The van der Waals surface area contributed by atoms with Crippen molar-refractivity contribution in [1.82, 2.24) is 15.3 Å². The van der Waals surface area contributed by atoms with Crippen LogP contribution in [0.25, 0.3) is 0 Å². The molecule has 33 heavy (non-hydrogen) atoms. The molecule has 0 saturated carbocycles. The lowest BCUT2D eigenvalue weighted by Crippen LogP contribution is -2.35. The van der Waals surface area contributed by atoms with Crippen molar-refractivity contribution < 1.29 is 18.7 Å². The molecule has 3 aromatic rings. The molecule has 0 atom stereocenters. The van der Waals surface area contributed by atoms with Gasteiger partial charge in [-0.1, -0.05) is 12.1 Å². The van der Waals surface area contributed by atoms with E-state index < -0.39 is 5.95 Å². The molecule has 170 valence electrons. The first-order valence-corrected chi connectivity index (χ1v) is 10.3. The SMILES string of the molecule is CNC(=O)N1CCc2cc(OC)c(OC)cc2C(c2ccc(Nc3cccnc3F)cc2)=N1. The van der Waals surface area contributed by atoms with E-state index in [1.165, 1.54) is 11.2 Å². The number of hydrogen-bond acceptors (Lipinski definition) is 6. The smallest absolute Gasteiger partial charge is 0.337 e. The van der Waals surface area contributed by atoms with Gasteiger partial charge in [0.05, 0.1) is 32.2 Å². The van der Waals surface area contributed by atoms with E-state index in [9.17, 15) is 9.18 Å². The third-order valence-corrected chi connectivity index (χ3v) is 5.32. The predicted octanol–water partition coefficient (Wildman–Crippen LogP) is 3.93. The number of methoxy groups -OCH3 is 2. The molecule has 8 nitrogen and oxygen atoms in total. The second kappa shape index (κ2) is 9.56. The highest BCUT2D eigenvalue weighted by Crippen LogP contribution is 2.34. The van der Waals surface area contributed by atoms with Gasteiger partial charge in [0.2, 0.25) is 5.95 Å². The molecule has 1 aliphatic heterocycles. The molecule has 2 aromatic carbocycles. The fraction of sp³-hybridized carbons (Fsp3) is 0.208. The molecule has 0 spiro atoms. The quantitative estimate of drug-likeness (QED) is 0.577. The third kappa shape index (κ3) is 4.57. The van der Waals surface area contributed by atoms with Crippen LogP contribution in [-0.4, -0.2) is 49.5 Å².